The van der Waals surface area contributed by atoms with Crippen LogP contribution in [-0.4, -0.2) is 9.97 Å². The van der Waals surface area contributed by atoms with Gasteiger partial charge in [-0.25, -0.2) is 4.98 Å². The molecule has 0 saturated carbocycles. The summed E-state index contributed by atoms with van der Waals surface area (Å²) in [6.07, 6.45) is -3.57. The van der Waals surface area contributed by atoms with Crippen molar-refractivity contribution in [2.45, 2.75) is 6.18 Å². The van der Waals surface area contributed by atoms with Gasteiger partial charge >= 0.3 is 6.18 Å². The standard InChI is InChI=1S/C15H10F3N3O/c16-15(17,18)13-6-10-11(8-19-13)21-14(7-12(10)22)20-9-4-2-1-3-5-9/h1-8H,(H2,20,21,22). The second kappa shape index (κ2) is 5.18. The monoisotopic (exact) mass is 305 g/mol. The number of anilines is 2. The van der Waals surface area contributed by atoms with Crippen LogP contribution in [0, 0.1) is 0 Å². The summed E-state index contributed by atoms with van der Waals surface area (Å²) in [5, 5.41) is 2.92. The number of alkyl halides is 3. The van der Waals surface area contributed by atoms with Gasteiger partial charge in [0.1, 0.15) is 11.5 Å². The number of hydrogen-bond acceptors (Lipinski definition) is 3. The fraction of sp³-hybridized carbons (Fsp3) is 0.0667. The molecule has 0 saturated heterocycles. The smallest absolute Gasteiger partial charge is 0.342 e. The number of H-pyrrole nitrogens is 1. The van der Waals surface area contributed by atoms with Gasteiger partial charge in [-0.2, -0.15) is 13.2 Å². The van der Waals surface area contributed by atoms with Crippen molar-refractivity contribution in [3.8, 4) is 0 Å². The average Bonchev–Trinajstić information content (AvgIpc) is 2.47. The first-order valence-electron chi connectivity index (χ1n) is 6.36. The van der Waals surface area contributed by atoms with E-state index >= 15 is 0 Å². The van der Waals surface area contributed by atoms with Crippen LogP contribution in [0.5, 0.6) is 0 Å². The molecule has 112 valence electrons. The Hall–Kier alpha value is -2.83. The lowest BCUT2D eigenvalue weighted by Crippen LogP contribution is -2.11. The maximum atomic E-state index is 12.6. The molecule has 0 aliphatic heterocycles. The highest BCUT2D eigenvalue weighted by Gasteiger charge is 2.32. The highest BCUT2D eigenvalue weighted by Crippen LogP contribution is 2.28. The topological polar surface area (TPSA) is 57.8 Å². The quantitative estimate of drug-likeness (QED) is 0.759. The van der Waals surface area contributed by atoms with E-state index < -0.39 is 17.3 Å². The van der Waals surface area contributed by atoms with Crippen molar-refractivity contribution in [3.05, 3.63) is 64.6 Å². The van der Waals surface area contributed by atoms with Gasteiger partial charge in [0, 0.05) is 17.1 Å². The molecule has 3 aromatic rings. The lowest BCUT2D eigenvalue weighted by atomic mass is 10.2. The van der Waals surface area contributed by atoms with Gasteiger partial charge in [-0.05, 0) is 18.2 Å². The lowest BCUT2D eigenvalue weighted by molar-refractivity contribution is -0.141. The van der Waals surface area contributed by atoms with Crippen molar-refractivity contribution in [1.29, 1.82) is 0 Å². The van der Waals surface area contributed by atoms with Crippen LogP contribution in [0.15, 0.2) is 53.5 Å². The molecule has 0 atom stereocenters. The Morgan fingerprint density at radius 2 is 1.82 bits per heavy atom. The Labute approximate surface area is 122 Å². The fourth-order valence-corrected chi connectivity index (χ4v) is 2.05. The molecule has 7 heteroatoms. The number of nitrogens with zero attached hydrogens (tertiary/aromatic N) is 1. The Morgan fingerprint density at radius 3 is 2.50 bits per heavy atom. The van der Waals surface area contributed by atoms with Crippen molar-refractivity contribution in [1.82, 2.24) is 9.97 Å². The fourth-order valence-electron chi connectivity index (χ4n) is 2.05. The number of fused-ring (bicyclic) bond motifs is 1. The van der Waals surface area contributed by atoms with Gasteiger partial charge in [0.25, 0.3) is 0 Å². The van der Waals surface area contributed by atoms with Gasteiger partial charge in [0.2, 0.25) is 0 Å². The first kappa shape index (κ1) is 14.1. The number of benzene rings is 1. The van der Waals surface area contributed by atoms with Gasteiger partial charge in [0.15, 0.2) is 5.43 Å². The van der Waals surface area contributed by atoms with Crippen LogP contribution in [0.3, 0.4) is 0 Å². The molecular formula is C15H10F3N3O. The van der Waals surface area contributed by atoms with Crippen molar-refractivity contribution < 1.29 is 13.2 Å². The summed E-state index contributed by atoms with van der Waals surface area (Å²) in [7, 11) is 0. The molecule has 2 heterocycles. The van der Waals surface area contributed by atoms with Crippen LogP contribution >= 0.6 is 0 Å². The van der Waals surface area contributed by atoms with Crippen LogP contribution < -0.4 is 10.7 Å². The number of aromatic nitrogens is 2. The van der Waals surface area contributed by atoms with Gasteiger partial charge in [0.05, 0.1) is 11.7 Å². The molecule has 0 amide bonds. The predicted molar refractivity (Wildman–Crippen MR) is 77.1 cm³/mol. The summed E-state index contributed by atoms with van der Waals surface area (Å²) in [4.78, 5) is 18.2. The van der Waals surface area contributed by atoms with E-state index in [1.807, 2.05) is 18.2 Å². The highest BCUT2D eigenvalue weighted by atomic mass is 19.4. The van der Waals surface area contributed by atoms with Gasteiger partial charge in [-0.3, -0.25) is 4.79 Å². The molecule has 2 N–H and O–H groups in total. The first-order chi connectivity index (χ1) is 10.4. The molecule has 0 radical (unpaired) electrons. The summed E-state index contributed by atoms with van der Waals surface area (Å²) in [6, 6.07) is 11.0. The summed E-state index contributed by atoms with van der Waals surface area (Å²) in [6.45, 7) is 0. The maximum absolute atomic E-state index is 12.6. The highest BCUT2D eigenvalue weighted by molar-refractivity contribution is 5.80. The minimum atomic E-state index is -4.58. The number of pyridine rings is 2. The molecule has 2 aromatic heterocycles. The number of halogens is 3. The second-order valence-electron chi connectivity index (χ2n) is 4.65. The van der Waals surface area contributed by atoms with Crippen LogP contribution in [0.25, 0.3) is 10.9 Å². The zero-order valence-corrected chi connectivity index (χ0v) is 11.1. The SMILES string of the molecule is O=c1cc(Nc2ccccc2)[nH]c2cnc(C(F)(F)F)cc12. The molecular weight excluding hydrogens is 295 g/mol. The summed E-state index contributed by atoms with van der Waals surface area (Å²) in [5.74, 6) is 0.380. The summed E-state index contributed by atoms with van der Waals surface area (Å²) in [5.41, 5.74) is -0.620. The summed E-state index contributed by atoms with van der Waals surface area (Å²) >= 11 is 0. The number of rotatable bonds is 2. The van der Waals surface area contributed by atoms with Crippen molar-refractivity contribution in [2.75, 3.05) is 5.32 Å². The normalized spacial score (nSPS) is 11.6. The third kappa shape index (κ3) is 2.78. The minimum absolute atomic E-state index is 0.0547. The molecule has 22 heavy (non-hydrogen) atoms. The van der Waals surface area contributed by atoms with Crippen LogP contribution in [0.2, 0.25) is 0 Å². The van der Waals surface area contributed by atoms with E-state index in [4.69, 9.17) is 0 Å². The number of para-hydroxylation sites is 1. The van der Waals surface area contributed by atoms with E-state index in [0.717, 1.165) is 18.0 Å². The number of aromatic amines is 1. The van der Waals surface area contributed by atoms with Gasteiger partial charge in [-0.1, -0.05) is 18.2 Å². The Bertz CT molecular complexity index is 873. The Kier molecular flexibility index (Phi) is 3.32. The molecule has 1 aromatic carbocycles. The van der Waals surface area contributed by atoms with E-state index in [1.54, 1.807) is 12.1 Å². The van der Waals surface area contributed by atoms with E-state index in [-0.39, 0.29) is 10.9 Å². The van der Waals surface area contributed by atoms with Gasteiger partial charge < -0.3 is 10.3 Å². The van der Waals surface area contributed by atoms with Crippen molar-refractivity contribution in [2.24, 2.45) is 0 Å². The van der Waals surface area contributed by atoms with E-state index in [2.05, 4.69) is 15.3 Å². The predicted octanol–water partition coefficient (Wildman–Crippen LogP) is 3.69. The van der Waals surface area contributed by atoms with Gasteiger partial charge in [-0.15, -0.1) is 0 Å². The zero-order chi connectivity index (χ0) is 15.7. The largest absolute Gasteiger partial charge is 0.433 e. The van der Waals surface area contributed by atoms with Crippen LogP contribution in [0.1, 0.15) is 5.69 Å². The van der Waals surface area contributed by atoms with Crippen LogP contribution in [0.4, 0.5) is 24.7 Å². The minimum Gasteiger partial charge on any atom is -0.342 e. The lowest BCUT2D eigenvalue weighted by Gasteiger charge is -2.09. The van der Waals surface area contributed by atoms with E-state index in [9.17, 15) is 18.0 Å². The van der Waals surface area contributed by atoms with Crippen LogP contribution in [-0.2, 0) is 6.18 Å². The molecule has 0 aliphatic rings. The summed E-state index contributed by atoms with van der Waals surface area (Å²) < 4.78 is 37.9. The number of nitrogens with one attached hydrogen (secondary N) is 2. The zero-order valence-electron chi connectivity index (χ0n) is 11.1. The van der Waals surface area contributed by atoms with Crippen molar-refractivity contribution in [3.63, 3.8) is 0 Å². The number of hydrogen-bond donors (Lipinski definition) is 2. The Morgan fingerprint density at radius 1 is 1.09 bits per heavy atom. The second-order valence-corrected chi connectivity index (χ2v) is 4.65. The molecule has 0 fully saturated rings. The molecule has 0 bridgehead atoms. The molecule has 0 spiro atoms. The van der Waals surface area contributed by atoms with E-state index in [1.165, 1.54) is 6.07 Å². The third-order valence-corrected chi connectivity index (χ3v) is 3.06. The van der Waals surface area contributed by atoms with E-state index in [0.29, 0.717) is 5.82 Å². The molecule has 3 rings (SSSR count). The molecule has 4 nitrogen and oxygen atoms in total. The third-order valence-electron chi connectivity index (χ3n) is 3.06. The van der Waals surface area contributed by atoms with Crippen molar-refractivity contribution >= 4 is 22.4 Å². The maximum Gasteiger partial charge on any atom is 0.433 e. The first-order valence-corrected chi connectivity index (χ1v) is 6.36. The molecule has 0 unspecified atom stereocenters. The Balaban J connectivity index is 2.05. The average molecular weight is 305 g/mol. The molecule has 0 aliphatic carbocycles.